The molecule has 0 aliphatic heterocycles. The van der Waals surface area contributed by atoms with Gasteiger partial charge in [0.05, 0.1) is 30.3 Å². The van der Waals surface area contributed by atoms with Crippen molar-refractivity contribution in [3.63, 3.8) is 0 Å². The number of fused-ring (bicyclic) bond motifs is 1. The second-order valence-electron chi connectivity index (χ2n) is 6.15. The van der Waals surface area contributed by atoms with E-state index in [2.05, 4.69) is 26.0 Å². The summed E-state index contributed by atoms with van der Waals surface area (Å²) in [4.78, 5) is 29.0. The first-order valence-electron chi connectivity index (χ1n) is 8.49. The van der Waals surface area contributed by atoms with Crippen molar-refractivity contribution in [3.05, 3.63) is 74.1 Å². The SMILES string of the molecule is COc1ccc(Br)cc1-c1nc(Cn2nc(C(=O)O)c3ccccc3c2=O)cs1. The van der Waals surface area contributed by atoms with Gasteiger partial charge in [0.1, 0.15) is 10.8 Å². The number of hydrogen-bond acceptors (Lipinski definition) is 6. The molecule has 0 amide bonds. The third-order valence-electron chi connectivity index (χ3n) is 4.33. The molecule has 0 atom stereocenters. The normalized spacial score (nSPS) is 11.0. The van der Waals surface area contributed by atoms with Crippen molar-refractivity contribution >= 4 is 44.0 Å². The van der Waals surface area contributed by atoms with Crippen LogP contribution in [0.25, 0.3) is 21.3 Å². The molecule has 0 fully saturated rings. The molecule has 0 aliphatic rings. The Morgan fingerprint density at radius 2 is 2.00 bits per heavy atom. The molecule has 2 heterocycles. The van der Waals surface area contributed by atoms with Crippen molar-refractivity contribution in [1.29, 1.82) is 0 Å². The minimum absolute atomic E-state index is 0.0662. The standard InChI is InChI=1S/C20H14BrN3O4S/c1-28-16-7-6-11(21)8-15(16)18-22-12(10-29-18)9-24-19(25)14-5-3-2-4-13(14)17(23-24)20(26)27/h2-8,10H,9H2,1H3,(H,26,27). The Balaban J connectivity index is 1.76. The molecule has 0 saturated carbocycles. The summed E-state index contributed by atoms with van der Waals surface area (Å²) in [5, 5.41) is 16.7. The van der Waals surface area contributed by atoms with Gasteiger partial charge in [-0.1, -0.05) is 34.1 Å². The minimum Gasteiger partial charge on any atom is -0.496 e. The largest absolute Gasteiger partial charge is 0.496 e. The molecule has 29 heavy (non-hydrogen) atoms. The molecule has 2 aromatic heterocycles. The molecule has 0 spiro atoms. The maximum Gasteiger partial charge on any atom is 0.357 e. The Bertz CT molecular complexity index is 1300. The highest BCUT2D eigenvalue weighted by Gasteiger charge is 2.17. The highest BCUT2D eigenvalue weighted by atomic mass is 79.9. The Labute approximate surface area is 177 Å². The van der Waals surface area contributed by atoms with Crippen LogP contribution in [0.5, 0.6) is 5.75 Å². The number of halogens is 1. The number of thiazole rings is 1. The van der Waals surface area contributed by atoms with Crippen molar-refractivity contribution in [2.45, 2.75) is 6.54 Å². The highest BCUT2D eigenvalue weighted by Crippen LogP contribution is 2.34. The van der Waals surface area contributed by atoms with Gasteiger partial charge in [-0.25, -0.2) is 14.5 Å². The van der Waals surface area contributed by atoms with Gasteiger partial charge in [0.15, 0.2) is 5.69 Å². The lowest BCUT2D eigenvalue weighted by molar-refractivity contribution is 0.0690. The maximum atomic E-state index is 12.8. The number of aromatic carboxylic acids is 1. The number of carbonyl (C=O) groups is 1. The van der Waals surface area contributed by atoms with Gasteiger partial charge >= 0.3 is 5.97 Å². The summed E-state index contributed by atoms with van der Waals surface area (Å²) in [6.07, 6.45) is 0. The van der Waals surface area contributed by atoms with Crippen molar-refractivity contribution in [2.75, 3.05) is 7.11 Å². The van der Waals surface area contributed by atoms with Crippen LogP contribution in [0.2, 0.25) is 0 Å². The number of hydrogen-bond donors (Lipinski definition) is 1. The van der Waals surface area contributed by atoms with E-state index >= 15 is 0 Å². The molecular formula is C20H14BrN3O4S. The van der Waals surface area contributed by atoms with Crippen molar-refractivity contribution in [2.24, 2.45) is 0 Å². The monoisotopic (exact) mass is 471 g/mol. The van der Waals surface area contributed by atoms with Crippen LogP contribution in [-0.4, -0.2) is 33.0 Å². The van der Waals surface area contributed by atoms with E-state index in [4.69, 9.17) is 4.74 Å². The van der Waals surface area contributed by atoms with Crippen LogP contribution >= 0.6 is 27.3 Å². The Morgan fingerprint density at radius 3 is 2.72 bits per heavy atom. The Hall–Kier alpha value is -3.04. The Morgan fingerprint density at radius 1 is 1.24 bits per heavy atom. The fraction of sp³-hybridized carbons (Fsp3) is 0.100. The first-order valence-corrected chi connectivity index (χ1v) is 10.2. The number of aromatic nitrogens is 3. The average Bonchev–Trinajstić information content (AvgIpc) is 3.18. The van der Waals surface area contributed by atoms with E-state index < -0.39 is 5.97 Å². The molecule has 4 aromatic rings. The van der Waals surface area contributed by atoms with Crippen molar-refractivity contribution in [1.82, 2.24) is 14.8 Å². The molecule has 0 aliphatic carbocycles. The zero-order valence-electron chi connectivity index (χ0n) is 15.1. The topological polar surface area (TPSA) is 94.3 Å². The zero-order valence-corrected chi connectivity index (χ0v) is 17.5. The molecule has 0 radical (unpaired) electrons. The lowest BCUT2D eigenvalue weighted by Gasteiger charge is -2.08. The van der Waals surface area contributed by atoms with E-state index in [0.717, 1.165) is 19.7 Å². The molecule has 0 saturated heterocycles. The molecule has 0 unspecified atom stereocenters. The van der Waals surface area contributed by atoms with E-state index in [1.807, 2.05) is 23.6 Å². The Kier molecular flexibility index (Phi) is 5.16. The number of rotatable bonds is 5. The van der Waals surface area contributed by atoms with Crippen LogP contribution in [0, 0.1) is 0 Å². The number of ether oxygens (including phenoxy) is 1. The summed E-state index contributed by atoms with van der Waals surface area (Å²) in [5.41, 5.74) is 0.904. The zero-order chi connectivity index (χ0) is 20.5. The van der Waals surface area contributed by atoms with E-state index in [9.17, 15) is 14.7 Å². The minimum atomic E-state index is -1.19. The smallest absolute Gasteiger partial charge is 0.357 e. The lowest BCUT2D eigenvalue weighted by Crippen LogP contribution is -2.26. The van der Waals surface area contributed by atoms with E-state index in [1.165, 1.54) is 11.3 Å². The van der Waals surface area contributed by atoms with Crippen LogP contribution in [0.1, 0.15) is 16.2 Å². The van der Waals surface area contributed by atoms with Gasteiger partial charge in [0, 0.05) is 15.2 Å². The molecule has 146 valence electrons. The van der Waals surface area contributed by atoms with Crippen LogP contribution in [-0.2, 0) is 6.54 Å². The van der Waals surface area contributed by atoms with Crippen molar-refractivity contribution < 1.29 is 14.6 Å². The lowest BCUT2D eigenvalue weighted by atomic mass is 10.1. The third-order valence-corrected chi connectivity index (χ3v) is 5.74. The van der Waals surface area contributed by atoms with Gasteiger partial charge in [0.2, 0.25) is 0 Å². The van der Waals surface area contributed by atoms with Gasteiger partial charge in [-0.05, 0) is 24.3 Å². The van der Waals surface area contributed by atoms with Crippen molar-refractivity contribution in [3.8, 4) is 16.3 Å². The number of carboxylic acid groups (broad SMARTS) is 1. The predicted octanol–water partition coefficient (Wildman–Crippen LogP) is 4.04. The number of methoxy groups -OCH3 is 1. The third kappa shape index (κ3) is 3.66. The molecular weight excluding hydrogens is 458 g/mol. The quantitative estimate of drug-likeness (QED) is 0.471. The fourth-order valence-electron chi connectivity index (χ4n) is 3.00. The summed E-state index contributed by atoms with van der Waals surface area (Å²) in [5.74, 6) is -0.504. The average molecular weight is 472 g/mol. The van der Waals surface area contributed by atoms with Gasteiger partial charge in [-0.15, -0.1) is 11.3 Å². The van der Waals surface area contributed by atoms with Gasteiger partial charge in [0.25, 0.3) is 5.56 Å². The van der Waals surface area contributed by atoms with E-state index in [1.54, 1.807) is 31.4 Å². The first-order chi connectivity index (χ1) is 14.0. The highest BCUT2D eigenvalue weighted by molar-refractivity contribution is 9.10. The van der Waals surface area contributed by atoms with Crippen LogP contribution in [0.3, 0.4) is 0 Å². The van der Waals surface area contributed by atoms with E-state index in [0.29, 0.717) is 22.2 Å². The molecule has 2 aromatic carbocycles. The fourth-order valence-corrected chi connectivity index (χ4v) is 4.20. The molecule has 9 heteroatoms. The number of carboxylic acids is 1. The molecule has 0 bridgehead atoms. The van der Waals surface area contributed by atoms with Gasteiger partial charge in [-0.3, -0.25) is 4.79 Å². The predicted molar refractivity (Wildman–Crippen MR) is 114 cm³/mol. The van der Waals surface area contributed by atoms with Gasteiger partial charge < -0.3 is 9.84 Å². The summed E-state index contributed by atoms with van der Waals surface area (Å²) in [6, 6.07) is 12.2. The molecule has 1 N–H and O–H groups in total. The molecule has 7 nitrogen and oxygen atoms in total. The second kappa shape index (κ2) is 7.76. The van der Waals surface area contributed by atoms with Crippen LogP contribution in [0.15, 0.2) is 57.1 Å². The summed E-state index contributed by atoms with van der Waals surface area (Å²) < 4.78 is 7.44. The summed E-state index contributed by atoms with van der Waals surface area (Å²) in [7, 11) is 1.59. The first kappa shape index (κ1) is 19.3. The van der Waals surface area contributed by atoms with Crippen LogP contribution < -0.4 is 10.3 Å². The molecule has 4 rings (SSSR count). The van der Waals surface area contributed by atoms with Crippen LogP contribution in [0.4, 0.5) is 0 Å². The summed E-state index contributed by atoms with van der Waals surface area (Å²) >= 11 is 4.86. The number of benzene rings is 2. The second-order valence-corrected chi connectivity index (χ2v) is 7.92. The van der Waals surface area contributed by atoms with Gasteiger partial charge in [-0.2, -0.15) is 5.10 Å². The summed E-state index contributed by atoms with van der Waals surface area (Å²) in [6.45, 7) is 0.0662. The maximum absolute atomic E-state index is 12.8. The van der Waals surface area contributed by atoms with E-state index in [-0.39, 0.29) is 17.8 Å². The number of nitrogens with zero attached hydrogens (tertiary/aromatic N) is 3.